The zero-order chi connectivity index (χ0) is 17.9. The quantitative estimate of drug-likeness (QED) is 0.779. The van der Waals surface area contributed by atoms with Crippen LogP contribution in [0.3, 0.4) is 0 Å². The Morgan fingerprint density at radius 3 is 2.64 bits per heavy atom. The van der Waals surface area contributed by atoms with Crippen LogP contribution in [-0.4, -0.2) is 30.2 Å². The molecule has 0 bridgehead atoms. The van der Waals surface area contributed by atoms with Gasteiger partial charge in [0, 0.05) is 11.6 Å². The van der Waals surface area contributed by atoms with Crippen LogP contribution in [0.2, 0.25) is 0 Å². The fourth-order valence-electron chi connectivity index (χ4n) is 2.88. The van der Waals surface area contributed by atoms with Crippen molar-refractivity contribution in [2.24, 2.45) is 0 Å². The Kier molecular flexibility index (Phi) is 3.15. The molecule has 0 radical (unpaired) electrons. The highest BCUT2D eigenvalue weighted by Crippen LogP contribution is 2.39. The van der Waals surface area contributed by atoms with Crippen LogP contribution in [0.5, 0.6) is 0 Å². The van der Waals surface area contributed by atoms with E-state index in [0.717, 1.165) is 17.4 Å². The average molecular weight is 352 g/mol. The van der Waals surface area contributed by atoms with E-state index in [4.69, 9.17) is 5.11 Å². The van der Waals surface area contributed by atoms with Crippen molar-refractivity contribution in [3.05, 3.63) is 39.9 Å². The van der Waals surface area contributed by atoms with Crippen LogP contribution in [0.15, 0.2) is 23.1 Å². The number of hydrogen-bond donors (Lipinski definition) is 1. The number of aromatic nitrogens is 4. The third kappa shape index (κ3) is 2.44. The van der Waals surface area contributed by atoms with Gasteiger partial charge >= 0.3 is 12.1 Å². The first-order chi connectivity index (χ1) is 11.8. The number of pyridine rings is 1. The summed E-state index contributed by atoms with van der Waals surface area (Å²) >= 11 is 0. The fraction of sp³-hybridized carbons (Fsp3) is 0.333. The molecule has 0 unspecified atom stereocenters. The predicted molar refractivity (Wildman–Crippen MR) is 79.4 cm³/mol. The van der Waals surface area contributed by atoms with Gasteiger partial charge in [0.15, 0.2) is 11.3 Å². The average Bonchev–Trinajstić information content (AvgIpc) is 3.27. The van der Waals surface area contributed by atoms with Gasteiger partial charge in [-0.2, -0.15) is 22.8 Å². The van der Waals surface area contributed by atoms with Gasteiger partial charge in [-0.25, -0.2) is 4.98 Å². The molecule has 3 heterocycles. The van der Waals surface area contributed by atoms with E-state index in [1.54, 1.807) is 6.07 Å². The van der Waals surface area contributed by atoms with E-state index < -0.39 is 35.5 Å². The molecular weight excluding hydrogens is 341 g/mol. The number of fused-ring (bicyclic) bond motifs is 3. The second-order valence-corrected chi connectivity index (χ2v) is 5.96. The predicted octanol–water partition coefficient (Wildman–Crippen LogP) is 2.02. The van der Waals surface area contributed by atoms with Gasteiger partial charge in [0.05, 0.1) is 11.6 Å². The van der Waals surface area contributed by atoms with E-state index in [1.807, 2.05) is 0 Å². The van der Waals surface area contributed by atoms with E-state index >= 15 is 0 Å². The van der Waals surface area contributed by atoms with Crippen molar-refractivity contribution in [1.29, 1.82) is 0 Å². The molecule has 7 nitrogen and oxygen atoms in total. The van der Waals surface area contributed by atoms with Crippen LogP contribution in [0.1, 0.15) is 30.0 Å². The Hall–Kier alpha value is -2.91. The molecule has 1 aliphatic rings. The van der Waals surface area contributed by atoms with Gasteiger partial charge in [-0.15, -0.1) is 0 Å². The van der Waals surface area contributed by atoms with Crippen LogP contribution in [-0.2, 0) is 17.5 Å². The number of rotatable bonds is 3. The Bertz CT molecular complexity index is 1080. The summed E-state index contributed by atoms with van der Waals surface area (Å²) in [5.74, 6) is -1.20. The summed E-state index contributed by atoms with van der Waals surface area (Å²) in [6.45, 7) is -0.905. The molecule has 0 atom stereocenters. The SMILES string of the molecule is O=C(O)Cn1c(=O)c2ccc(C3CC3)nc2n2ncc(C(F)(F)F)c12. The molecule has 1 N–H and O–H groups in total. The van der Waals surface area contributed by atoms with Crippen LogP contribution in [0.25, 0.3) is 16.7 Å². The van der Waals surface area contributed by atoms with E-state index in [2.05, 4.69) is 10.1 Å². The lowest BCUT2D eigenvalue weighted by molar-refractivity contribution is -0.139. The molecule has 0 saturated heterocycles. The molecule has 0 spiro atoms. The van der Waals surface area contributed by atoms with Crippen molar-refractivity contribution in [3.63, 3.8) is 0 Å². The van der Waals surface area contributed by atoms with Gasteiger partial charge in [-0.05, 0) is 25.0 Å². The monoisotopic (exact) mass is 352 g/mol. The summed E-state index contributed by atoms with van der Waals surface area (Å²) in [6.07, 6.45) is -2.33. The number of carboxylic acid groups (broad SMARTS) is 1. The largest absolute Gasteiger partial charge is 0.480 e. The number of nitrogens with zero attached hydrogens (tertiary/aromatic N) is 4. The van der Waals surface area contributed by atoms with Gasteiger partial charge < -0.3 is 5.11 Å². The molecule has 25 heavy (non-hydrogen) atoms. The number of carbonyl (C=O) groups is 1. The Labute approximate surface area is 137 Å². The Morgan fingerprint density at radius 1 is 1.32 bits per heavy atom. The molecular formula is C15H11F3N4O3. The second-order valence-electron chi connectivity index (χ2n) is 5.96. The van der Waals surface area contributed by atoms with E-state index in [0.29, 0.717) is 16.5 Å². The zero-order valence-electron chi connectivity index (χ0n) is 12.6. The van der Waals surface area contributed by atoms with Crippen molar-refractivity contribution >= 4 is 22.6 Å². The molecule has 1 fully saturated rings. The van der Waals surface area contributed by atoms with Crippen molar-refractivity contribution in [2.75, 3.05) is 0 Å². The van der Waals surface area contributed by atoms with Gasteiger partial charge in [0.1, 0.15) is 12.1 Å². The minimum Gasteiger partial charge on any atom is -0.480 e. The van der Waals surface area contributed by atoms with Crippen LogP contribution >= 0.6 is 0 Å². The third-order valence-corrected chi connectivity index (χ3v) is 4.17. The Balaban J connectivity index is 2.14. The molecule has 1 saturated carbocycles. The summed E-state index contributed by atoms with van der Waals surface area (Å²) in [7, 11) is 0. The minimum absolute atomic E-state index is 0.00142. The van der Waals surface area contributed by atoms with Gasteiger partial charge in [-0.1, -0.05) is 0 Å². The molecule has 0 aliphatic heterocycles. The molecule has 3 aromatic heterocycles. The van der Waals surface area contributed by atoms with E-state index in [9.17, 15) is 22.8 Å². The van der Waals surface area contributed by atoms with Crippen molar-refractivity contribution in [1.82, 2.24) is 19.2 Å². The number of aliphatic carboxylic acids is 1. The Morgan fingerprint density at radius 2 is 2.04 bits per heavy atom. The molecule has 4 rings (SSSR count). The summed E-state index contributed by atoms with van der Waals surface area (Å²) < 4.78 is 41.3. The van der Waals surface area contributed by atoms with Crippen LogP contribution < -0.4 is 5.56 Å². The molecule has 0 amide bonds. The first-order valence-electron chi connectivity index (χ1n) is 7.47. The second kappa shape index (κ2) is 5.04. The highest BCUT2D eigenvalue weighted by atomic mass is 19.4. The molecule has 130 valence electrons. The summed E-state index contributed by atoms with van der Waals surface area (Å²) in [6, 6.07) is 3.11. The highest BCUT2D eigenvalue weighted by Gasteiger charge is 2.37. The summed E-state index contributed by atoms with van der Waals surface area (Å²) in [5, 5.41) is 12.7. The standard InChI is InChI=1S/C15H11F3N4O3/c16-15(17,18)9-5-19-22-12-8(3-4-10(20-12)7-1-2-7)14(25)21(13(9)22)6-11(23)24/h3-5,7H,1-2,6H2,(H,23,24). The van der Waals surface area contributed by atoms with Gasteiger partial charge in [0.25, 0.3) is 5.56 Å². The maximum atomic E-state index is 13.3. The zero-order valence-corrected chi connectivity index (χ0v) is 12.6. The lowest BCUT2D eigenvalue weighted by Crippen LogP contribution is -2.28. The molecule has 3 aromatic rings. The van der Waals surface area contributed by atoms with Crippen molar-refractivity contribution < 1.29 is 23.1 Å². The molecule has 0 aromatic carbocycles. The molecule has 10 heteroatoms. The number of alkyl halides is 3. The number of halogens is 3. The van der Waals surface area contributed by atoms with Gasteiger partial charge in [-0.3, -0.25) is 14.2 Å². The third-order valence-electron chi connectivity index (χ3n) is 4.17. The minimum atomic E-state index is -4.78. The summed E-state index contributed by atoms with van der Waals surface area (Å²) in [5.41, 5.74) is -1.94. The lowest BCUT2D eigenvalue weighted by Gasteiger charge is -2.12. The lowest BCUT2D eigenvalue weighted by atomic mass is 10.2. The normalized spacial score (nSPS) is 15.2. The van der Waals surface area contributed by atoms with Crippen LogP contribution in [0, 0.1) is 0 Å². The first kappa shape index (κ1) is 15.6. The topological polar surface area (TPSA) is 89.5 Å². The molecule has 1 aliphatic carbocycles. The maximum absolute atomic E-state index is 13.3. The number of hydrogen-bond acceptors (Lipinski definition) is 4. The van der Waals surface area contributed by atoms with E-state index in [1.165, 1.54) is 6.07 Å². The van der Waals surface area contributed by atoms with Crippen molar-refractivity contribution in [3.8, 4) is 0 Å². The first-order valence-corrected chi connectivity index (χ1v) is 7.47. The van der Waals surface area contributed by atoms with E-state index in [-0.39, 0.29) is 17.0 Å². The van der Waals surface area contributed by atoms with Gasteiger partial charge in [0.2, 0.25) is 0 Å². The summed E-state index contributed by atoms with van der Waals surface area (Å²) in [4.78, 5) is 28.0. The smallest absolute Gasteiger partial charge is 0.421 e. The van der Waals surface area contributed by atoms with Crippen LogP contribution in [0.4, 0.5) is 13.2 Å². The highest BCUT2D eigenvalue weighted by molar-refractivity contribution is 5.79. The maximum Gasteiger partial charge on any atom is 0.421 e. The van der Waals surface area contributed by atoms with Crippen molar-refractivity contribution in [2.45, 2.75) is 31.5 Å². The fourth-order valence-corrected chi connectivity index (χ4v) is 2.88. The number of carboxylic acids is 1.